The zero-order chi connectivity index (χ0) is 23.1. The van der Waals surface area contributed by atoms with E-state index in [-0.39, 0.29) is 24.9 Å². The van der Waals surface area contributed by atoms with E-state index in [1.54, 1.807) is 19.2 Å². The topological polar surface area (TPSA) is 125 Å². The first kappa shape index (κ1) is 23.1. The number of nitrogens with zero attached hydrogens (tertiary/aromatic N) is 2. The number of rotatable bonds is 9. The third-order valence-electron chi connectivity index (χ3n) is 5.51. The number of methoxy groups -OCH3 is 1. The Morgan fingerprint density at radius 1 is 1.09 bits per heavy atom. The molecule has 0 bridgehead atoms. The van der Waals surface area contributed by atoms with Crippen LogP contribution >= 0.6 is 0 Å². The summed E-state index contributed by atoms with van der Waals surface area (Å²) in [6.45, 7) is 0.356. The molecule has 1 aliphatic rings. The molecule has 32 heavy (non-hydrogen) atoms. The first-order valence-electron chi connectivity index (χ1n) is 10.5. The molecular formula is C23H27N3O6. The molecular weight excluding hydrogens is 414 g/mol. The quantitative estimate of drug-likeness (QED) is 0.362. The van der Waals surface area contributed by atoms with Gasteiger partial charge < -0.3 is 20.1 Å². The highest BCUT2D eigenvalue weighted by Crippen LogP contribution is 2.32. The maximum atomic E-state index is 12.3. The van der Waals surface area contributed by atoms with E-state index in [2.05, 4.69) is 0 Å². The monoisotopic (exact) mass is 441 g/mol. The van der Waals surface area contributed by atoms with E-state index in [4.69, 9.17) is 15.2 Å². The number of nitro benzene ring substituents is 1. The molecule has 0 atom stereocenters. The van der Waals surface area contributed by atoms with Crippen LogP contribution in [0.15, 0.2) is 42.5 Å². The van der Waals surface area contributed by atoms with Crippen LogP contribution in [0.25, 0.3) is 0 Å². The van der Waals surface area contributed by atoms with Crippen molar-refractivity contribution in [3.8, 4) is 11.5 Å². The summed E-state index contributed by atoms with van der Waals surface area (Å²) in [6, 6.07) is 11.4. The second kappa shape index (κ2) is 10.6. The van der Waals surface area contributed by atoms with Crippen molar-refractivity contribution in [2.75, 3.05) is 13.7 Å². The lowest BCUT2D eigenvalue weighted by Crippen LogP contribution is -2.41. The number of primary amides is 1. The number of hydrogen-bond donors (Lipinski definition) is 1. The fourth-order valence-electron chi connectivity index (χ4n) is 3.77. The van der Waals surface area contributed by atoms with E-state index < -0.39 is 16.7 Å². The van der Waals surface area contributed by atoms with E-state index >= 15 is 0 Å². The maximum Gasteiger partial charge on any atom is 0.311 e. The van der Waals surface area contributed by atoms with Crippen molar-refractivity contribution >= 4 is 17.5 Å². The van der Waals surface area contributed by atoms with Gasteiger partial charge >= 0.3 is 11.8 Å². The number of benzene rings is 2. The standard InChI is InChI=1S/C23H27N3O6/c1-31-20-11-8-16(14-21(20)32-19-4-2-3-5-19)12-13-25(23(28)22(24)27)15-17-6-9-18(10-7-17)26(29)30/h6-11,14,19H,2-5,12-13,15H2,1H3,(H2,24,27). The van der Waals surface area contributed by atoms with Gasteiger partial charge in [0.15, 0.2) is 11.5 Å². The van der Waals surface area contributed by atoms with E-state index in [1.807, 2.05) is 18.2 Å². The van der Waals surface area contributed by atoms with Gasteiger partial charge in [-0.05, 0) is 55.4 Å². The lowest BCUT2D eigenvalue weighted by atomic mass is 10.1. The minimum atomic E-state index is -1.05. The number of hydrogen-bond acceptors (Lipinski definition) is 6. The van der Waals surface area contributed by atoms with E-state index in [1.165, 1.54) is 17.0 Å². The molecule has 1 aliphatic carbocycles. The first-order valence-corrected chi connectivity index (χ1v) is 10.5. The summed E-state index contributed by atoms with van der Waals surface area (Å²) >= 11 is 0. The molecule has 1 fully saturated rings. The maximum absolute atomic E-state index is 12.3. The molecule has 0 aliphatic heterocycles. The molecule has 9 heteroatoms. The zero-order valence-corrected chi connectivity index (χ0v) is 18.0. The van der Waals surface area contributed by atoms with Crippen LogP contribution in [0.4, 0.5) is 5.69 Å². The van der Waals surface area contributed by atoms with Crippen molar-refractivity contribution in [1.82, 2.24) is 4.90 Å². The smallest absolute Gasteiger partial charge is 0.311 e. The molecule has 0 radical (unpaired) electrons. The van der Waals surface area contributed by atoms with E-state index in [0.717, 1.165) is 31.2 Å². The lowest BCUT2D eigenvalue weighted by molar-refractivity contribution is -0.384. The Kier molecular flexibility index (Phi) is 7.64. The number of amides is 2. The second-order valence-electron chi connectivity index (χ2n) is 7.77. The summed E-state index contributed by atoms with van der Waals surface area (Å²) in [5.74, 6) is -0.539. The van der Waals surface area contributed by atoms with Gasteiger partial charge in [0.25, 0.3) is 5.69 Å². The molecule has 0 heterocycles. The van der Waals surface area contributed by atoms with Crippen molar-refractivity contribution in [2.24, 2.45) is 5.73 Å². The SMILES string of the molecule is COc1ccc(CCN(Cc2ccc([N+](=O)[O-])cc2)C(=O)C(N)=O)cc1OC1CCCC1. The Balaban J connectivity index is 1.71. The molecule has 0 saturated heterocycles. The summed E-state index contributed by atoms with van der Waals surface area (Å²) in [5, 5.41) is 10.8. The molecule has 2 aromatic carbocycles. The summed E-state index contributed by atoms with van der Waals surface area (Å²) in [6.07, 6.45) is 4.98. The Morgan fingerprint density at radius 2 is 1.75 bits per heavy atom. The minimum absolute atomic E-state index is 0.0467. The molecule has 170 valence electrons. The number of ether oxygens (including phenoxy) is 2. The largest absolute Gasteiger partial charge is 0.493 e. The molecule has 9 nitrogen and oxygen atoms in total. The number of carbonyl (C=O) groups is 2. The first-order chi connectivity index (χ1) is 15.4. The molecule has 0 aromatic heterocycles. The number of nitro groups is 1. The molecule has 2 N–H and O–H groups in total. The average Bonchev–Trinajstić information content (AvgIpc) is 3.29. The molecule has 2 amide bonds. The minimum Gasteiger partial charge on any atom is -0.493 e. The normalized spacial score (nSPS) is 13.5. The van der Waals surface area contributed by atoms with Crippen LogP contribution in [0.2, 0.25) is 0 Å². The summed E-state index contributed by atoms with van der Waals surface area (Å²) in [5.41, 5.74) is 6.75. The average molecular weight is 441 g/mol. The molecule has 0 spiro atoms. The van der Waals surface area contributed by atoms with Gasteiger partial charge in [-0.2, -0.15) is 0 Å². The van der Waals surface area contributed by atoms with Gasteiger partial charge in [-0.1, -0.05) is 18.2 Å². The second-order valence-corrected chi connectivity index (χ2v) is 7.77. The fourth-order valence-corrected chi connectivity index (χ4v) is 3.77. The highest BCUT2D eigenvalue weighted by molar-refractivity contribution is 6.34. The molecule has 2 aromatic rings. The van der Waals surface area contributed by atoms with Crippen LogP contribution in [0.1, 0.15) is 36.8 Å². The van der Waals surface area contributed by atoms with Gasteiger partial charge in [-0.3, -0.25) is 19.7 Å². The van der Waals surface area contributed by atoms with Crippen molar-refractivity contribution in [1.29, 1.82) is 0 Å². The summed E-state index contributed by atoms with van der Waals surface area (Å²) < 4.78 is 11.5. The van der Waals surface area contributed by atoms with Gasteiger partial charge in [0.2, 0.25) is 0 Å². The van der Waals surface area contributed by atoms with Crippen molar-refractivity contribution < 1.29 is 24.0 Å². The highest BCUT2D eigenvalue weighted by Gasteiger charge is 2.21. The van der Waals surface area contributed by atoms with Crippen LogP contribution in [0.3, 0.4) is 0 Å². The lowest BCUT2D eigenvalue weighted by Gasteiger charge is -2.22. The third-order valence-corrected chi connectivity index (χ3v) is 5.51. The molecule has 0 unspecified atom stereocenters. The molecule has 3 rings (SSSR count). The van der Waals surface area contributed by atoms with Crippen LogP contribution < -0.4 is 15.2 Å². The van der Waals surface area contributed by atoms with Crippen LogP contribution in [-0.4, -0.2) is 41.4 Å². The predicted octanol–water partition coefficient (Wildman–Crippen LogP) is 2.98. The van der Waals surface area contributed by atoms with Gasteiger partial charge in [0, 0.05) is 25.2 Å². The fraction of sp³-hybridized carbons (Fsp3) is 0.391. The van der Waals surface area contributed by atoms with Crippen LogP contribution in [0, 0.1) is 10.1 Å². The number of nitrogens with two attached hydrogens (primary N) is 1. The number of carbonyl (C=O) groups excluding carboxylic acids is 2. The molecule has 1 saturated carbocycles. The summed E-state index contributed by atoms with van der Waals surface area (Å²) in [4.78, 5) is 35.5. The van der Waals surface area contributed by atoms with Crippen molar-refractivity contribution in [2.45, 2.75) is 44.8 Å². The Labute approximate surface area is 186 Å². The van der Waals surface area contributed by atoms with Crippen LogP contribution in [-0.2, 0) is 22.6 Å². The van der Waals surface area contributed by atoms with Gasteiger partial charge in [0.05, 0.1) is 18.1 Å². The van der Waals surface area contributed by atoms with Gasteiger partial charge in [-0.15, -0.1) is 0 Å². The zero-order valence-electron chi connectivity index (χ0n) is 18.0. The third kappa shape index (κ3) is 5.96. The van der Waals surface area contributed by atoms with Gasteiger partial charge in [-0.25, -0.2) is 0 Å². The van der Waals surface area contributed by atoms with E-state index in [0.29, 0.717) is 23.5 Å². The van der Waals surface area contributed by atoms with Gasteiger partial charge in [0.1, 0.15) is 0 Å². The Bertz CT molecular complexity index is 970. The van der Waals surface area contributed by atoms with Crippen molar-refractivity contribution in [3.63, 3.8) is 0 Å². The Hall–Kier alpha value is -3.62. The predicted molar refractivity (Wildman–Crippen MR) is 117 cm³/mol. The summed E-state index contributed by atoms with van der Waals surface area (Å²) in [7, 11) is 1.59. The Morgan fingerprint density at radius 3 is 2.34 bits per heavy atom. The van der Waals surface area contributed by atoms with Crippen molar-refractivity contribution in [3.05, 3.63) is 63.7 Å². The highest BCUT2D eigenvalue weighted by atomic mass is 16.6. The number of non-ortho nitro benzene ring substituents is 1. The van der Waals surface area contributed by atoms with Crippen LogP contribution in [0.5, 0.6) is 11.5 Å². The van der Waals surface area contributed by atoms with E-state index in [9.17, 15) is 19.7 Å².